The second-order valence-corrected chi connectivity index (χ2v) is 19.8. The van der Waals surface area contributed by atoms with Crippen molar-refractivity contribution in [3.8, 4) is 11.1 Å². The Morgan fingerprint density at radius 1 is 0.606 bits per heavy atom. The summed E-state index contributed by atoms with van der Waals surface area (Å²) in [6.45, 7) is 10.2. The van der Waals surface area contributed by atoms with Crippen LogP contribution in [0.15, 0.2) is 120 Å². The molecule has 0 unspecified atom stereocenters. The molecule has 14 nitrogen and oxygen atoms in total. The average Bonchev–Trinajstić information content (AvgIpc) is 4.22. The van der Waals surface area contributed by atoms with E-state index in [2.05, 4.69) is 30.1 Å². The molecule has 4 fully saturated rings. The van der Waals surface area contributed by atoms with Gasteiger partial charge in [-0.2, -0.15) is 0 Å². The number of hydrogen-bond donors (Lipinski definition) is 3. The van der Waals surface area contributed by atoms with Crippen molar-refractivity contribution in [3.63, 3.8) is 0 Å². The summed E-state index contributed by atoms with van der Waals surface area (Å²) in [7, 11) is 0. The number of thiazole rings is 2. The SMILES string of the molecule is O=C(O)c1ccc2c(c1)CC=C2c1ccc(F)cc1.O=C(c1ccc2c(-c3ccc(F)cc3)c[nH]c2c1)N1CC(N2CCN(C(=O)c3nccs3)CC2)C1.O=C(c1nccs1)N1CCN(C2CNC2)CC1. The Labute approximate surface area is 416 Å². The highest BCUT2D eigenvalue weighted by Gasteiger charge is 2.37. The van der Waals surface area contributed by atoms with E-state index in [4.69, 9.17) is 5.11 Å². The maximum absolute atomic E-state index is 13.3. The van der Waals surface area contributed by atoms with Gasteiger partial charge >= 0.3 is 5.97 Å². The van der Waals surface area contributed by atoms with E-state index < -0.39 is 5.97 Å². The van der Waals surface area contributed by atoms with E-state index in [0.29, 0.717) is 65.8 Å². The normalized spacial score (nSPS) is 17.3. The fourth-order valence-electron chi connectivity index (χ4n) is 9.59. The molecular formula is C53H51F2N9O5S2. The van der Waals surface area contributed by atoms with Gasteiger partial charge in [-0.3, -0.25) is 24.2 Å². The Morgan fingerprint density at radius 2 is 1.17 bits per heavy atom. The fourth-order valence-corrected chi connectivity index (χ4v) is 10.8. The first-order chi connectivity index (χ1) is 34.6. The lowest BCUT2D eigenvalue weighted by Gasteiger charge is -2.48. The third-order valence-electron chi connectivity index (χ3n) is 13.8. The van der Waals surface area contributed by atoms with Crippen LogP contribution in [0.25, 0.3) is 27.6 Å². The molecule has 4 aliphatic heterocycles. The van der Waals surface area contributed by atoms with Crippen molar-refractivity contribution in [2.24, 2.45) is 0 Å². The Hall–Kier alpha value is -6.96. The summed E-state index contributed by atoms with van der Waals surface area (Å²) in [5.41, 5.74) is 7.75. The summed E-state index contributed by atoms with van der Waals surface area (Å²) in [6, 6.07) is 24.6. The smallest absolute Gasteiger partial charge is 0.335 e. The van der Waals surface area contributed by atoms with Gasteiger partial charge < -0.3 is 30.1 Å². The van der Waals surface area contributed by atoms with Gasteiger partial charge in [-0.05, 0) is 82.8 Å². The van der Waals surface area contributed by atoms with Gasteiger partial charge in [0, 0.05) is 142 Å². The van der Waals surface area contributed by atoms with E-state index in [1.807, 2.05) is 62.0 Å². The largest absolute Gasteiger partial charge is 0.478 e. The predicted octanol–water partition coefficient (Wildman–Crippen LogP) is 7.10. The second-order valence-electron chi connectivity index (χ2n) is 18.0. The lowest BCUT2D eigenvalue weighted by molar-refractivity contribution is 0.00852. The zero-order valence-electron chi connectivity index (χ0n) is 38.7. The number of benzene rings is 4. The van der Waals surface area contributed by atoms with Crippen molar-refractivity contribution in [3.05, 3.63) is 170 Å². The Morgan fingerprint density at radius 3 is 1.70 bits per heavy atom. The molecule has 5 aliphatic rings. The zero-order valence-corrected chi connectivity index (χ0v) is 40.3. The number of nitrogens with one attached hydrogen (secondary N) is 2. The molecule has 1 aliphatic carbocycles. The molecule has 18 heteroatoms. The fraction of sp³-hybridized carbons (Fsp3) is 0.283. The number of halogens is 2. The minimum absolute atomic E-state index is 0.00681. The van der Waals surface area contributed by atoms with Crippen molar-refractivity contribution in [1.29, 1.82) is 0 Å². The number of likely N-dealkylation sites (tertiary alicyclic amines) is 1. The number of piperazine rings is 2. The van der Waals surface area contributed by atoms with Crippen LogP contribution >= 0.6 is 22.7 Å². The number of nitrogens with zero attached hydrogens (tertiary/aromatic N) is 7. The van der Waals surface area contributed by atoms with Crippen LogP contribution in [0.2, 0.25) is 0 Å². The molecule has 7 heterocycles. The molecule has 12 rings (SSSR count). The van der Waals surface area contributed by atoms with Gasteiger partial charge in [0.1, 0.15) is 11.6 Å². The number of hydrogen-bond acceptors (Lipinski definition) is 11. The lowest BCUT2D eigenvalue weighted by atomic mass is 9.98. The van der Waals surface area contributed by atoms with E-state index in [9.17, 15) is 28.0 Å². The number of aromatic amines is 1. The van der Waals surface area contributed by atoms with E-state index >= 15 is 0 Å². The first-order valence-corrected chi connectivity index (χ1v) is 25.4. The number of H-pyrrole nitrogens is 1. The molecule has 71 heavy (non-hydrogen) atoms. The second kappa shape index (κ2) is 21.2. The van der Waals surface area contributed by atoms with Crippen LogP contribution in [0.5, 0.6) is 0 Å². The van der Waals surface area contributed by atoms with Crippen molar-refractivity contribution in [1.82, 2.24) is 44.8 Å². The van der Waals surface area contributed by atoms with Crippen molar-refractivity contribution in [2.45, 2.75) is 18.5 Å². The number of allylic oxidation sites excluding steroid dienone is 1. The van der Waals surface area contributed by atoms with E-state index in [0.717, 1.165) is 96.7 Å². The minimum Gasteiger partial charge on any atom is -0.478 e. The maximum Gasteiger partial charge on any atom is 0.335 e. The number of aromatic nitrogens is 3. The molecule has 364 valence electrons. The highest BCUT2D eigenvalue weighted by molar-refractivity contribution is 7.11. The maximum atomic E-state index is 13.3. The molecule has 0 spiro atoms. The monoisotopic (exact) mass is 995 g/mol. The number of carboxylic acids is 1. The third kappa shape index (κ3) is 10.6. The third-order valence-corrected chi connectivity index (χ3v) is 15.3. The average molecular weight is 996 g/mol. The summed E-state index contributed by atoms with van der Waals surface area (Å²) >= 11 is 2.80. The Bertz CT molecular complexity index is 3050. The van der Waals surface area contributed by atoms with E-state index in [1.54, 1.807) is 48.8 Å². The molecule has 3 aromatic heterocycles. The van der Waals surface area contributed by atoms with Crippen LogP contribution in [0.1, 0.15) is 57.0 Å². The molecule has 0 bridgehead atoms. The van der Waals surface area contributed by atoms with E-state index in [-0.39, 0.29) is 29.4 Å². The zero-order chi connectivity index (χ0) is 49.0. The van der Waals surface area contributed by atoms with Crippen LogP contribution in [0, 0.1) is 11.6 Å². The molecule has 0 saturated carbocycles. The predicted molar refractivity (Wildman–Crippen MR) is 270 cm³/mol. The number of aromatic carboxylic acids is 1. The van der Waals surface area contributed by atoms with Gasteiger partial charge in [0.05, 0.1) is 5.56 Å². The number of carboxylic acid groups (broad SMARTS) is 1. The number of carbonyl (C=O) groups excluding carboxylic acids is 3. The van der Waals surface area contributed by atoms with Crippen LogP contribution in [-0.2, 0) is 6.42 Å². The highest BCUT2D eigenvalue weighted by atomic mass is 32.1. The summed E-state index contributed by atoms with van der Waals surface area (Å²) in [5.74, 6) is -1.32. The number of rotatable bonds is 8. The molecule has 7 aromatic rings. The first kappa shape index (κ1) is 47.7. The molecule has 0 atom stereocenters. The number of carbonyl (C=O) groups is 4. The molecule has 4 saturated heterocycles. The summed E-state index contributed by atoms with van der Waals surface area (Å²) in [5, 5.41) is 18.1. The number of amides is 3. The van der Waals surface area contributed by atoms with Crippen LogP contribution < -0.4 is 5.32 Å². The molecule has 4 aromatic carbocycles. The van der Waals surface area contributed by atoms with Gasteiger partial charge in [0.15, 0.2) is 10.0 Å². The molecule has 3 amide bonds. The van der Waals surface area contributed by atoms with Crippen LogP contribution in [0.3, 0.4) is 0 Å². The van der Waals surface area contributed by atoms with Gasteiger partial charge in [-0.15, -0.1) is 22.7 Å². The summed E-state index contributed by atoms with van der Waals surface area (Å²) in [6.07, 6.45) is 8.00. The van der Waals surface area contributed by atoms with E-state index in [1.165, 1.54) is 46.9 Å². The Balaban J connectivity index is 0.000000136. The van der Waals surface area contributed by atoms with Gasteiger partial charge in [-0.1, -0.05) is 42.5 Å². The minimum atomic E-state index is -0.918. The standard InChI is InChI=1S/C26H24FN5O2S.C16H11FO2.C11H16N4OS/c27-19-4-1-17(2-5-19)22-14-29-23-13-18(3-6-21(22)23)25(33)32-15-20(16-32)30-8-10-31(11-9-30)26(34)24-28-7-12-35-24;17-13-5-1-10(2-6-13)14-7-3-11-9-12(16(18)19)4-8-15(11)14;16-11(10-13-1-6-17-10)15-4-2-14(3-5-15)9-7-12-8-9/h1-7,12-14,20,29H,8-11,15-16H2;1-2,4-9H,3H2,(H,18,19);1,6,9,12H,2-5,7-8H2. The quantitative estimate of drug-likeness (QED) is 0.144. The molecule has 0 radical (unpaired) electrons. The van der Waals surface area contributed by atoms with Crippen LogP contribution in [0.4, 0.5) is 8.78 Å². The van der Waals surface area contributed by atoms with Gasteiger partial charge in [0.2, 0.25) is 0 Å². The van der Waals surface area contributed by atoms with Crippen molar-refractivity contribution in [2.75, 3.05) is 78.5 Å². The van der Waals surface area contributed by atoms with Gasteiger partial charge in [-0.25, -0.2) is 23.5 Å². The first-order valence-electron chi connectivity index (χ1n) is 23.6. The number of fused-ring (bicyclic) bond motifs is 2. The van der Waals surface area contributed by atoms with Crippen molar-refractivity contribution >= 4 is 62.8 Å². The Kier molecular flexibility index (Phi) is 14.2. The summed E-state index contributed by atoms with van der Waals surface area (Å²) < 4.78 is 26.2. The van der Waals surface area contributed by atoms with Crippen molar-refractivity contribution < 1.29 is 33.1 Å². The molecule has 3 N–H and O–H groups in total. The highest BCUT2D eigenvalue weighted by Crippen LogP contribution is 2.34. The topological polar surface area (TPSA) is 158 Å². The summed E-state index contributed by atoms with van der Waals surface area (Å²) in [4.78, 5) is 70.5. The molecular weight excluding hydrogens is 945 g/mol. The lowest BCUT2D eigenvalue weighted by Crippen LogP contribution is -2.64. The van der Waals surface area contributed by atoms with Gasteiger partial charge in [0.25, 0.3) is 17.7 Å². The van der Waals surface area contributed by atoms with Crippen LogP contribution in [-0.4, -0.2) is 159 Å².